The number of unbranched alkanes of at least 4 members (excludes halogenated alkanes) is 1. The minimum atomic E-state index is -0.228. The van der Waals surface area contributed by atoms with Gasteiger partial charge in [0.05, 0.1) is 16.8 Å². The summed E-state index contributed by atoms with van der Waals surface area (Å²) in [7, 11) is 0. The Kier molecular flexibility index (Phi) is 7.72. The molecule has 0 saturated carbocycles. The van der Waals surface area contributed by atoms with Crippen molar-refractivity contribution in [3.8, 4) is 11.5 Å². The van der Waals surface area contributed by atoms with Crippen molar-refractivity contribution in [3.63, 3.8) is 0 Å². The summed E-state index contributed by atoms with van der Waals surface area (Å²) in [5, 5.41) is 2.86. The molecule has 0 aliphatic rings. The van der Waals surface area contributed by atoms with Gasteiger partial charge in [0.15, 0.2) is 6.61 Å². The van der Waals surface area contributed by atoms with E-state index in [9.17, 15) is 4.79 Å². The van der Waals surface area contributed by atoms with E-state index in [-0.39, 0.29) is 17.9 Å². The number of benzene rings is 2. The summed E-state index contributed by atoms with van der Waals surface area (Å²) in [5.74, 6) is 1.09. The molecular weight excluding hydrogens is 406 g/mol. The Morgan fingerprint density at radius 1 is 1.07 bits per heavy atom. The molecule has 0 aromatic heterocycles. The average Bonchev–Trinajstić information content (AvgIpc) is 2.61. The fraction of sp³-hybridized carbons (Fsp3) is 0.409. The predicted octanol–water partition coefficient (Wildman–Crippen LogP) is 5.94. The lowest BCUT2D eigenvalue weighted by Crippen LogP contribution is -2.21. The second-order valence-electron chi connectivity index (χ2n) is 7.43. The Balaban J connectivity index is 1.95. The standard InChI is InChI=1S/C22H28BrNO3/c1-5-6-13-26-20-10-8-7-9-18(20)24-21(25)15-27-19-12-11-16(14-17(19)23)22(2,3)4/h7-12,14H,5-6,13,15H2,1-4H3,(H,24,25). The molecule has 0 bridgehead atoms. The number of anilines is 1. The second-order valence-corrected chi connectivity index (χ2v) is 8.28. The maximum absolute atomic E-state index is 12.3. The molecule has 1 N–H and O–H groups in total. The van der Waals surface area contributed by atoms with Crippen LogP contribution in [-0.2, 0) is 10.2 Å². The minimum Gasteiger partial charge on any atom is -0.491 e. The van der Waals surface area contributed by atoms with E-state index < -0.39 is 0 Å². The Morgan fingerprint density at radius 2 is 1.81 bits per heavy atom. The molecule has 2 rings (SSSR count). The molecule has 0 saturated heterocycles. The van der Waals surface area contributed by atoms with Crippen LogP contribution >= 0.6 is 15.9 Å². The molecule has 1 amide bonds. The van der Waals surface area contributed by atoms with Gasteiger partial charge in [0.1, 0.15) is 11.5 Å². The van der Waals surface area contributed by atoms with E-state index in [2.05, 4.69) is 48.9 Å². The SMILES string of the molecule is CCCCOc1ccccc1NC(=O)COc1ccc(C(C)(C)C)cc1Br. The molecular formula is C22H28BrNO3. The van der Waals surface area contributed by atoms with Crippen LogP contribution in [0.4, 0.5) is 5.69 Å². The second kappa shape index (κ2) is 9.79. The van der Waals surface area contributed by atoms with Gasteiger partial charge in [-0.25, -0.2) is 0 Å². The largest absolute Gasteiger partial charge is 0.491 e. The van der Waals surface area contributed by atoms with E-state index in [1.807, 2.05) is 42.5 Å². The summed E-state index contributed by atoms with van der Waals surface area (Å²) in [5.41, 5.74) is 1.91. The first kappa shape index (κ1) is 21.3. The molecule has 0 fully saturated rings. The first-order valence-corrected chi connectivity index (χ1v) is 10.0. The molecule has 27 heavy (non-hydrogen) atoms. The van der Waals surface area contributed by atoms with Crippen LogP contribution in [0.2, 0.25) is 0 Å². The number of carbonyl (C=O) groups is 1. The lowest BCUT2D eigenvalue weighted by atomic mass is 9.87. The van der Waals surface area contributed by atoms with Crippen molar-refractivity contribution in [2.45, 2.75) is 46.0 Å². The minimum absolute atomic E-state index is 0.0555. The summed E-state index contributed by atoms with van der Waals surface area (Å²) in [6, 6.07) is 13.4. The maximum Gasteiger partial charge on any atom is 0.262 e. The van der Waals surface area contributed by atoms with Gasteiger partial charge in [-0.2, -0.15) is 0 Å². The summed E-state index contributed by atoms with van der Waals surface area (Å²) in [6.07, 6.45) is 2.04. The Labute approximate surface area is 170 Å². The van der Waals surface area contributed by atoms with Crippen LogP contribution in [0, 0.1) is 0 Å². The lowest BCUT2D eigenvalue weighted by Gasteiger charge is -2.20. The van der Waals surface area contributed by atoms with Gasteiger partial charge < -0.3 is 14.8 Å². The highest BCUT2D eigenvalue weighted by molar-refractivity contribution is 9.10. The zero-order valence-electron chi connectivity index (χ0n) is 16.5. The zero-order valence-corrected chi connectivity index (χ0v) is 18.1. The molecule has 2 aromatic carbocycles. The van der Waals surface area contributed by atoms with Crippen LogP contribution in [-0.4, -0.2) is 19.1 Å². The fourth-order valence-corrected chi connectivity index (χ4v) is 2.93. The molecule has 2 aromatic rings. The average molecular weight is 434 g/mol. The number of ether oxygens (including phenoxy) is 2. The fourth-order valence-electron chi connectivity index (χ4n) is 2.44. The van der Waals surface area contributed by atoms with Crippen molar-refractivity contribution in [1.29, 1.82) is 0 Å². The summed E-state index contributed by atoms with van der Waals surface area (Å²) in [4.78, 5) is 12.3. The first-order chi connectivity index (χ1) is 12.8. The van der Waals surface area contributed by atoms with Crippen molar-refractivity contribution in [2.75, 3.05) is 18.5 Å². The highest BCUT2D eigenvalue weighted by Crippen LogP contribution is 2.31. The zero-order chi connectivity index (χ0) is 19.9. The van der Waals surface area contributed by atoms with Crippen molar-refractivity contribution in [3.05, 3.63) is 52.5 Å². The number of amides is 1. The van der Waals surface area contributed by atoms with Crippen molar-refractivity contribution < 1.29 is 14.3 Å². The molecule has 5 heteroatoms. The molecule has 0 heterocycles. The molecule has 146 valence electrons. The molecule has 0 aliphatic carbocycles. The Hall–Kier alpha value is -2.01. The third-order valence-electron chi connectivity index (χ3n) is 4.07. The van der Waals surface area contributed by atoms with Gasteiger partial charge >= 0.3 is 0 Å². The van der Waals surface area contributed by atoms with Crippen molar-refractivity contribution >= 4 is 27.5 Å². The number of halogens is 1. The molecule has 0 unspecified atom stereocenters. The Morgan fingerprint density at radius 3 is 2.48 bits per heavy atom. The molecule has 4 nitrogen and oxygen atoms in total. The van der Waals surface area contributed by atoms with Crippen LogP contribution < -0.4 is 14.8 Å². The maximum atomic E-state index is 12.3. The highest BCUT2D eigenvalue weighted by atomic mass is 79.9. The number of hydrogen-bond donors (Lipinski definition) is 1. The summed E-state index contributed by atoms with van der Waals surface area (Å²) in [6.45, 7) is 9.14. The summed E-state index contributed by atoms with van der Waals surface area (Å²) >= 11 is 3.53. The van der Waals surface area contributed by atoms with Gasteiger partial charge in [-0.1, -0.05) is 52.3 Å². The van der Waals surface area contributed by atoms with Crippen LogP contribution in [0.5, 0.6) is 11.5 Å². The number of para-hydroxylation sites is 2. The van der Waals surface area contributed by atoms with E-state index in [0.29, 0.717) is 23.8 Å². The van der Waals surface area contributed by atoms with Gasteiger partial charge in [0.2, 0.25) is 0 Å². The van der Waals surface area contributed by atoms with Gasteiger partial charge in [0, 0.05) is 0 Å². The molecule has 0 spiro atoms. The van der Waals surface area contributed by atoms with E-state index in [1.165, 1.54) is 5.56 Å². The monoisotopic (exact) mass is 433 g/mol. The van der Waals surface area contributed by atoms with E-state index in [0.717, 1.165) is 17.3 Å². The quantitative estimate of drug-likeness (QED) is 0.523. The lowest BCUT2D eigenvalue weighted by molar-refractivity contribution is -0.118. The predicted molar refractivity (Wildman–Crippen MR) is 114 cm³/mol. The number of carbonyl (C=O) groups excluding carboxylic acids is 1. The van der Waals surface area contributed by atoms with Crippen LogP contribution in [0.3, 0.4) is 0 Å². The van der Waals surface area contributed by atoms with Crippen molar-refractivity contribution in [2.24, 2.45) is 0 Å². The van der Waals surface area contributed by atoms with E-state index in [1.54, 1.807) is 0 Å². The van der Waals surface area contributed by atoms with E-state index >= 15 is 0 Å². The van der Waals surface area contributed by atoms with Crippen LogP contribution in [0.15, 0.2) is 46.9 Å². The topological polar surface area (TPSA) is 47.6 Å². The highest BCUT2D eigenvalue weighted by Gasteiger charge is 2.16. The third-order valence-corrected chi connectivity index (χ3v) is 4.69. The van der Waals surface area contributed by atoms with E-state index in [4.69, 9.17) is 9.47 Å². The number of hydrogen-bond acceptors (Lipinski definition) is 3. The molecule has 0 atom stereocenters. The van der Waals surface area contributed by atoms with Gasteiger partial charge in [-0.15, -0.1) is 0 Å². The van der Waals surface area contributed by atoms with Crippen LogP contribution in [0.25, 0.3) is 0 Å². The number of rotatable bonds is 8. The summed E-state index contributed by atoms with van der Waals surface area (Å²) < 4.78 is 12.3. The normalized spacial score (nSPS) is 11.1. The smallest absolute Gasteiger partial charge is 0.262 e. The first-order valence-electron chi connectivity index (χ1n) is 9.25. The third kappa shape index (κ3) is 6.58. The Bertz CT molecular complexity index is 768. The number of nitrogens with one attached hydrogen (secondary N) is 1. The molecule has 0 aliphatic heterocycles. The van der Waals surface area contributed by atoms with Gasteiger partial charge in [0.25, 0.3) is 5.91 Å². The van der Waals surface area contributed by atoms with Gasteiger partial charge in [-0.3, -0.25) is 4.79 Å². The van der Waals surface area contributed by atoms with Gasteiger partial charge in [-0.05, 0) is 57.6 Å². The van der Waals surface area contributed by atoms with Crippen LogP contribution in [0.1, 0.15) is 46.1 Å². The molecule has 0 radical (unpaired) electrons. The van der Waals surface area contributed by atoms with Crippen molar-refractivity contribution in [1.82, 2.24) is 0 Å².